The highest BCUT2D eigenvalue weighted by Gasteiger charge is 2.40. The van der Waals surface area contributed by atoms with Gasteiger partial charge in [-0.1, -0.05) is 12.8 Å². The second-order valence-corrected chi connectivity index (χ2v) is 5.82. The third-order valence-electron chi connectivity index (χ3n) is 3.98. The summed E-state index contributed by atoms with van der Waals surface area (Å²) in [7, 11) is 1.64. The fourth-order valence-corrected chi connectivity index (χ4v) is 2.89. The van der Waals surface area contributed by atoms with Crippen molar-refractivity contribution >= 4 is 0 Å². The summed E-state index contributed by atoms with van der Waals surface area (Å²) in [6, 6.07) is 5.65. The van der Waals surface area contributed by atoms with Crippen LogP contribution in [0.15, 0.2) is 18.2 Å². The van der Waals surface area contributed by atoms with E-state index in [1.165, 1.54) is 12.8 Å². The van der Waals surface area contributed by atoms with E-state index in [0.717, 1.165) is 29.4 Å². The number of aliphatic hydroxyl groups excluding tert-OH is 1. The molecular weight excluding hydrogens is 228 g/mol. The molecule has 3 nitrogen and oxygen atoms in total. The molecule has 1 N–H and O–H groups in total. The average molecular weight is 248 g/mol. The van der Waals surface area contributed by atoms with E-state index in [-0.39, 0.29) is 5.60 Å². The van der Waals surface area contributed by atoms with Crippen molar-refractivity contribution in [2.24, 2.45) is 5.92 Å². The van der Waals surface area contributed by atoms with E-state index in [1.54, 1.807) is 7.11 Å². The maximum atomic E-state index is 10.3. The second kappa shape index (κ2) is 4.16. The van der Waals surface area contributed by atoms with E-state index in [9.17, 15) is 5.11 Å². The van der Waals surface area contributed by atoms with Crippen LogP contribution in [0.5, 0.6) is 11.5 Å². The van der Waals surface area contributed by atoms with Crippen LogP contribution in [0.25, 0.3) is 0 Å². The van der Waals surface area contributed by atoms with E-state index in [2.05, 4.69) is 6.92 Å². The Morgan fingerprint density at radius 2 is 2.22 bits per heavy atom. The van der Waals surface area contributed by atoms with Crippen molar-refractivity contribution in [2.45, 2.75) is 44.3 Å². The van der Waals surface area contributed by atoms with Crippen LogP contribution in [0, 0.1) is 5.92 Å². The minimum atomic E-state index is -0.427. The van der Waals surface area contributed by atoms with Crippen molar-refractivity contribution in [1.29, 1.82) is 0 Å². The molecule has 1 aliphatic carbocycles. The third-order valence-corrected chi connectivity index (χ3v) is 3.98. The van der Waals surface area contributed by atoms with Crippen molar-refractivity contribution in [2.75, 3.05) is 7.11 Å². The first-order valence-corrected chi connectivity index (χ1v) is 6.65. The van der Waals surface area contributed by atoms with Gasteiger partial charge < -0.3 is 14.6 Å². The summed E-state index contributed by atoms with van der Waals surface area (Å²) in [6.45, 7) is 2.11. The number of hydrogen-bond acceptors (Lipinski definition) is 3. The smallest absolute Gasteiger partial charge is 0.129 e. The Labute approximate surface area is 108 Å². The van der Waals surface area contributed by atoms with Gasteiger partial charge in [-0.3, -0.25) is 0 Å². The molecule has 1 heterocycles. The molecule has 0 saturated heterocycles. The minimum Gasteiger partial charge on any atom is -0.497 e. The molecule has 0 amide bonds. The summed E-state index contributed by atoms with van der Waals surface area (Å²) in [5.74, 6) is 2.34. The molecule has 0 spiro atoms. The zero-order valence-electron chi connectivity index (χ0n) is 11.0. The van der Waals surface area contributed by atoms with E-state index < -0.39 is 6.10 Å². The Kier molecular flexibility index (Phi) is 2.74. The molecule has 1 saturated carbocycles. The van der Waals surface area contributed by atoms with Gasteiger partial charge in [0.25, 0.3) is 0 Å². The van der Waals surface area contributed by atoms with Gasteiger partial charge in [-0.25, -0.2) is 0 Å². The fraction of sp³-hybridized carbons (Fsp3) is 0.600. The maximum absolute atomic E-state index is 10.3. The fourth-order valence-electron chi connectivity index (χ4n) is 2.89. The van der Waals surface area contributed by atoms with Gasteiger partial charge in [-0.2, -0.15) is 0 Å². The molecule has 0 bridgehead atoms. The molecule has 0 aromatic heterocycles. The first-order valence-electron chi connectivity index (χ1n) is 6.65. The Morgan fingerprint density at radius 3 is 2.89 bits per heavy atom. The number of fused-ring (bicyclic) bond motifs is 1. The van der Waals surface area contributed by atoms with Gasteiger partial charge >= 0.3 is 0 Å². The van der Waals surface area contributed by atoms with Crippen LogP contribution in [0.3, 0.4) is 0 Å². The molecule has 3 heteroatoms. The monoisotopic (exact) mass is 248 g/mol. The molecule has 1 aromatic rings. The van der Waals surface area contributed by atoms with Gasteiger partial charge in [0, 0.05) is 18.1 Å². The average Bonchev–Trinajstić information content (AvgIpc) is 3.11. The predicted molar refractivity (Wildman–Crippen MR) is 68.9 cm³/mol. The molecular formula is C15H20O3. The molecule has 0 radical (unpaired) electrons. The number of rotatable bonds is 3. The van der Waals surface area contributed by atoms with Crippen molar-refractivity contribution in [3.8, 4) is 11.5 Å². The maximum Gasteiger partial charge on any atom is 0.129 e. The number of benzene rings is 1. The molecule has 3 rings (SSSR count). The van der Waals surface area contributed by atoms with Crippen LogP contribution in [-0.2, 0) is 0 Å². The quantitative estimate of drug-likeness (QED) is 0.893. The summed E-state index contributed by atoms with van der Waals surface area (Å²) in [6.07, 6.45) is 3.91. The highest BCUT2D eigenvalue weighted by atomic mass is 16.5. The lowest BCUT2D eigenvalue weighted by atomic mass is 9.86. The number of hydrogen-bond donors (Lipinski definition) is 1. The molecule has 1 aliphatic heterocycles. The molecule has 1 aromatic carbocycles. The SMILES string of the molecule is COc1ccc2c(c1)OC(C)(CC1CC1)CC2O. The highest BCUT2D eigenvalue weighted by Crippen LogP contribution is 2.47. The van der Waals surface area contributed by atoms with Crippen molar-refractivity contribution < 1.29 is 14.6 Å². The lowest BCUT2D eigenvalue weighted by Crippen LogP contribution is -2.38. The summed E-state index contributed by atoms with van der Waals surface area (Å²) in [5.41, 5.74) is 0.643. The van der Waals surface area contributed by atoms with Crippen LogP contribution >= 0.6 is 0 Å². The summed E-state index contributed by atoms with van der Waals surface area (Å²) < 4.78 is 11.4. The van der Waals surface area contributed by atoms with Crippen molar-refractivity contribution in [3.63, 3.8) is 0 Å². The van der Waals surface area contributed by atoms with E-state index in [1.807, 2.05) is 18.2 Å². The zero-order valence-corrected chi connectivity index (χ0v) is 11.0. The largest absolute Gasteiger partial charge is 0.497 e. The highest BCUT2D eigenvalue weighted by molar-refractivity contribution is 5.43. The molecule has 1 fully saturated rings. The van der Waals surface area contributed by atoms with E-state index in [4.69, 9.17) is 9.47 Å². The molecule has 2 unspecified atom stereocenters. The first kappa shape index (κ1) is 11.8. The molecule has 2 atom stereocenters. The van der Waals surface area contributed by atoms with Crippen molar-refractivity contribution in [3.05, 3.63) is 23.8 Å². The van der Waals surface area contributed by atoms with Crippen LogP contribution in [0.4, 0.5) is 0 Å². The lowest BCUT2D eigenvalue weighted by molar-refractivity contribution is -0.0106. The Hall–Kier alpha value is -1.22. The van der Waals surface area contributed by atoms with Gasteiger partial charge in [-0.15, -0.1) is 0 Å². The predicted octanol–water partition coefficient (Wildman–Crippen LogP) is 3.07. The van der Waals surface area contributed by atoms with Gasteiger partial charge in [0.2, 0.25) is 0 Å². The van der Waals surface area contributed by atoms with Crippen LogP contribution < -0.4 is 9.47 Å². The number of methoxy groups -OCH3 is 1. The number of ether oxygens (including phenoxy) is 2. The molecule has 98 valence electrons. The zero-order chi connectivity index (χ0) is 12.8. The minimum absolute atomic E-state index is 0.236. The van der Waals surface area contributed by atoms with Gasteiger partial charge in [-0.05, 0) is 31.4 Å². The van der Waals surface area contributed by atoms with Crippen molar-refractivity contribution in [1.82, 2.24) is 0 Å². The summed E-state index contributed by atoms with van der Waals surface area (Å²) >= 11 is 0. The normalized spacial score (nSPS) is 30.5. The Morgan fingerprint density at radius 1 is 1.44 bits per heavy atom. The lowest BCUT2D eigenvalue weighted by Gasteiger charge is -2.38. The number of aliphatic hydroxyl groups is 1. The standard InChI is InChI=1S/C15H20O3/c1-15(8-10-3-4-10)9-13(16)12-6-5-11(17-2)7-14(12)18-15/h5-7,10,13,16H,3-4,8-9H2,1-2H3. The van der Waals surface area contributed by atoms with Crippen LogP contribution in [0.2, 0.25) is 0 Å². The first-order chi connectivity index (χ1) is 8.59. The summed E-state index contributed by atoms with van der Waals surface area (Å²) in [4.78, 5) is 0. The molecule has 18 heavy (non-hydrogen) atoms. The topological polar surface area (TPSA) is 38.7 Å². The van der Waals surface area contributed by atoms with Gasteiger partial charge in [0.15, 0.2) is 0 Å². The Bertz CT molecular complexity index is 453. The van der Waals surface area contributed by atoms with E-state index in [0.29, 0.717) is 6.42 Å². The summed E-state index contributed by atoms with van der Waals surface area (Å²) in [5, 5.41) is 10.3. The second-order valence-electron chi connectivity index (χ2n) is 5.82. The van der Waals surface area contributed by atoms with E-state index >= 15 is 0 Å². The van der Waals surface area contributed by atoms with Crippen LogP contribution in [0.1, 0.15) is 44.3 Å². The third kappa shape index (κ3) is 2.19. The van der Waals surface area contributed by atoms with Gasteiger partial charge in [0.05, 0.1) is 13.2 Å². The molecule has 2 aliphatic rings. The van der Waals surface area contributed by atoms with Crippen LogP contribution in [-0.4, -0.2) is 17.8 Å². The Balaban J connectivity index is 1.88. The van der Waals surface area contributed by atoms with Gasteiger partial charge in [0.1, 0.15) is 17.1 Å².